The third kappa shape index (κ3) is 3.63. The van der Waals surface area contributed by atoms with E-state index in [9.17, 15) is 5.11 Å². The van der Waals surface area contributed by atoms with Gasteiger partial charge >= 0.3 is 0 Å². The van der Waals surface area contributed by atoms with Gasteiger partial charge in [0.15, 0.2) is 0 Å². The smallest absolute Gasteiger partial charge is 0.0952 e. The molecule has 3 aromatic rings. The molecule has 0 aliphatic carbocycles. The second-order valence-corrected chi connectivity index (χ2v) is 7.80. The molecule has 0 amide bonds. The first-order chi connectivity index (χ1) is 11.0. The number of aromatic nitrogens is 1. The van der Waals surface area contributed by atoms with E-state index in [1.807, 2.05) is 26.0 Å². The Bertz CT molecular complexity index is 783. The standard InChI is InChI=1S/C18H19Br2NO2/c1-11(2)23-10-14(22)9-21-17-5-3-12(19)7-15(17)16-8-13(20)4-6-18(16)21/h3-8,11,14,22H,9-10H2,1-2H3. The molecule has 122 valence electrons. The molecule has 5 heteroatoms. The van der Waals surface area contributed by atoms with Gasteiger partial charge in [-0.3, -0.25) is 0 Å². The number of halogens is 2. The van der Waals surface area contributed by atoms with Gasteiger partial charge in [0.1, 0.15) is 0 Å². The molecule has 3 nitrogen and oxygen atoms in total. The maximum Gasteiger partial charge on any atom is 0.0952 e. The summed E-state index contributed by atoms with van der Waals surface area (Å²) in [5.74, 6) is 0. The zero-order chi connectivity index (χ0) is 16.6. The molecular formula is C18H19Br2NO2. The van der Waals surface area contributed by atoms with E-state index in [0.29, 0.717) is 13.2 Å². The molecule has 23 heavy (non-hydrogen) atoms. The fourth-order valence-electron chi connectivity index (χ4n) is 2.81. The van der Waals surface area contributed by atoms with Crippen LogP contribution >= 0.6 is 31.9 Å². The van der Waals surface area contributed by atoms with E-state index < -0.39 is 6.10 Å². The highest BCUT2D eigenvalue weighted by atomic mass is 79.9. The van der Waals surface area contributed by atoms with Crippen LogP contribution in [0.5, 0.6) is 0 Å². The highest BCUT2D eigenvalue weighted by molar-refractivity contribution is 9.10. The summed E-state index contributed by atoms with van der Waals surface area (Å²) in [4.78, 5) is 0. The minimum Gasteiger partial charge on any atom is -0.389 e. The Hall–Kier alpha value is -0.880. The SMILES string of the molecule is CC(C)OCC(O)Cn1c2ccc(Br)cc2c2cc(Br)ccc21. The van der Waals surface area contributed by atoms with Crippen molar-refractivity contribution in [1.82, 2.24) is 4.57 Å². The lowest BCUT2D eigenvalue weighted by atomic mass is 10.2. The summed E-state index contributed by atoms with van der Waals surface area (Å²) in [6.45, 7) is 4.80. The van der Waals surface area contributed by atoms with E-state index in [2.05, 4.69) is 60.7 Å². The molecule has 0 aliphatic rings. The number of hydrogen-bond donors (Lipinski definition) is 1. The summed E-state index contributed by atoms with van der Waals surface area (Å²) in [7, 11) is 0. The molecule has 0 bridgehead atoms. The number of aliphatic hydroxyl groups excluding tert-OH is 1. The third-order valence-electron chi connectivity index (χ3n) is 3.80. The molecule has 0 aliphatic heterocycles. The minimum atomic E-state index is -0.538. The molecule has 1 atom stereocenters. The lowest BCUT2D eigenvalue weighted by Crippen LogP contribution is -2.23. The van der Waals surface area contributed by atoms with Gasteiger partial charge in [-0.25, -0.2) is 0 Å². The molecule has 1 aromatic heterocycles. The van der Waals surface area contributed by atoms with Crippen LogP contribution in [0.4, 0.5) is 0 Å². The average molecular weight is 441 g/mol. The van der Waals surface area contributed by atoms with Crippen LogP contribution in [0.1, 0.15) is 13.8 Å². The summed E-state index contributed by atoms with van der Waals surface area (Å²) in [5, 5.41) is 12.7. The Morgan fingerprint density at radius 2 is 1.52 bits per heavy atom. The second kappa shape index (κ2) is 6.93. The molecular weight excluding hydrogens is 422 g/mol. The largest absolute Gasteiger partial charge is 0.389 e. The predicted octanol–water partition coefficient (Wildman–Crippen LogP) is 5.11. The number of benzene rings is 2. The van der Waals surface area contributed by atoms with Crippen LogP contribution in [0.3, 0.4) is 0 Å². The number of aliphatic hydroxyl groups is 1. The van der Waals surface area contributed by atoms with E-state index in [4.69, 9.17) is 4.74 Å². The van der Waals surface area contributed by atoms with E-state index in [1.54, 1.807) is 0 Å². The average Bonchev–Trinajstić information content (AvgIpc) is 2.78. The van der Waals surface area contributed by atoms with Gasteiger partial charge in [-0.15, -0.1) is 0 Å². The first kappa shape index (κ1) is 17.0. The Balaban J connectivity index is 2.07. The molecule has 3 rings (SSSR count). The molecule has 0 saturated carbocycles. The number of rotatable bonds is 5. The first-order valence-electron chi connectivity index (χ1n) is 7.62. The molecule has 0 radical (unpaired) electrons. The van der Waals surface area contributed by atoms with Crippen molar-refractivity contribution in [3.05, 3.63) is 45.3 Å². The number of ether oxygens (including phenoxy) is 1. The third-order valence-corrected chi connectivity index (χ3v) is 4.79. The van der Waals surface area contributed by atoms with Gasteiger partial charge in [0.25, 0.3) is 0 Å². The molecule has 1 unspecified atom stereocenters. The molecule has 0 saturated heterocycles. The van der Waals surface area contributed by atoms with Crippen molar-refractivity contribution in [2.75, 3.05) is 6.61 Å². The van der Waals surface area contributed by atoms with Crippen molar-refractivity contribution in [3.63, 3.8) is 0 Å². The van der Waals surface area contributed by atoms with Gasteiger partial charge < -0.3 is 14.4 Å². The summed E-state index contributed by atoms with van der Waals surface area (Å²) in [6, 6.07) is 12.5. The number of fused-ring (bicyclic) bond motifs is 3. The van der Waals surface area contributed by atoms with Crippen molar-refractivity contribution < 1.29 is 9.84 Å². The maximum absolute atomic E-state index is 10.3. The fraction of sp³-hybridized carbons (Fsp3) is 0.333. The zero-order valence-electron chi connectivity index (χ0n) is 13.1. The van der Waals surface area contributed by atoms with E-state index in [-0.39, 0.29) is 6.10 Å². The van der Waals surface area contributed by atoms with Gasteiger partial charge in [-0.05, 0) is 50.2 Å². The van der Waals surface area contributed by atoms with Crippen LogP contribution in [0.2, 0.25) is 0 Å². The lowest BCUT2D eigenvalue weighted by molar-refractivity contribution is 0.000172. The van der Waals surface area contributed by atoms with Crippen molar-refractivity contribution in [2.45, 2.75) is 32.6 Å². The van der Waals surface area contributed by atoms with Gasteiger partial charge in [0.05, 0.1) is 25.4 Å². The van der Waals surface area contributed by atoms with Crippen LogP contribution in [-0.2, 0) is 11.3 Å². The van der Waals surface area contributed by atoms with Gasteiger partial charge in [-0.1, -0.05) is 31.9 Å². The van der Waals surface area contributed by atoms with Crippen molar-refractivity contribution >= 4 is 53.7 Å². The molecule has 0 spiro atoms. The Kier molecular flexibility index (Phi) is 5.11. The number of nitrogens with zero attached hydrogens (tertiary/aromatic N) is 1. The predicted molar refractivity (Wildman–Crippen MR) is 102 cm³/mol. The Morgan fingerprint density at radius 1 is 1.00 bits per heavy atom. The van der Waals surface area contributed by atoms with E-state index in [0.717, 1.165) is 20.0 Å². The number of hydrogen-bond acceptors (Lipinski definition) is 2. The highest BCUT2D eigenvalue weighted by Gasteiger charge is 2.15. The van der Waals surface area contributed by atoms with Crippen LogP contribution in [0.15, 0.2) is 45.3 Å². The van der Waals surface area contributed by atoms with Crippen LogP contribution in [0.25, 0.3) is 21.8 Å². The maximum atomic E-state index is 10.3. The lowest BCUT2D eigenvalue weighted by Gasteiger charge is -2.16. The summed E-state index contributed by atoms with van der Waals surface area (Å²) < 4.78 is 9.80. The molecule has 1 heterocycles. The monoisotopic (exact) mass is 439 g/mol. The second-order valence-electron chi connectivity index (χ2n) is 5.97. The van der Waals surface area contributed by atoms with Crippen LogP contribution in [-0.4, -0.2) is 28.5 Å². The molecule has 0 fully saturated rings. The Morgan fingerprint density at radius 3 is 2.00 bits per heavy atom. The molecule has 2 aromatic carbocycles. The van der Waals surface area contributed by atoms with Crippen LogP contribution in [0, 0.1) is 0 Å². The van der Waals surface area contributed by atoms with E-state index in [1.165, 1.54) is 10.8 Å². The van der Waals surface area contributed by atoms with E-state index >= 15 is 0 Å². The molecule has 1 N–H and O–H groups in total. The normalized spacial score (nSPS) is 13.3. The van der Waals surface area contributed by atoms with Gasteiger partial charge in [-0.2, -0.15) is 0 Å². The van der Waals surface area contributed by atoms with Crippen molar-refractivity contribution in [1.29, 1.82) is 0 Å². The fourth-order valence-corrected chi connectivity index (χ4v) is 3.53. The van der Waals surface area contributed by atoms with Crippen LogP contribution < -0.4 is 0 Å². The summed E-state index contributed by atoms with van der Waals surface area (Å²) >= 11 is 7.09. The summed E-state index contributed by atoms with van der Waals surface area (Å²) in [5.41, 5.74) is 2.23. The quantitative estimate of drug-likeness (QED) is 0.598. The van der Waals surface area contributed by atoms with Crippen molar-refractivity contribution in [2.24, 2.45) is 0 Å². The minimum absolute atomic E-state index is 0.120. The van der Waals surface area contributed by atoms with Crippen molar-refractivity contribution in [3.8, 4) is 0 Å². The summed E-state index contributed by atoms with van der Waals surface area (Å²) in [6.07, 6.45) is -0.418. The Labute approximate surface area is 152 Å². The zero-order valence-corrected chi connectivity index (χ0v) is 16.3. The van der Waals surface area contributed by atoms with Gasteiger partial charge in [0, 0.05) is 30.8 Å². The van der Waals surface area contributed by atoms with Gasteiger partial charge in [0.2, 0.25) is 0 Å². The first-order valence-corrected chi connectivity index (χ1v) is 9.21. The topological polar surface area (TPSA) is 34.4 Å². The highest BCUT2D eigenvalue weighted by Crippen LogP contribution is 2.33.